The van der Waals surface area contributed by atoms with Gasteiger partial charge >= 0.3 is 31.9 Å². The minimum atomic E-state index is -8.05. The van der Waals surface area contributed by atoms with E-state index in [4.69, 9.17) is 16.3 Å². The summed E-state index contributed by atoms with van der Waals surface area (Å²) in [6.07, 6.45) is 0. The minimum Gasteiger partial charge on any atom is 0 e. The monoisotopic (exact) mass is 567 g/mol. The van der Waals surface area contributed by atoms with Crippen molar-refractivity contribution in [2.24, 2.45) is 0 Å². The molecule has 0 aromatic rings. The van der Waals surface area contributed by atoms with E-state index in [0.717, 1.165) is 0 Å². The standard InChI is InChI=1S/Co.Cr.5O.Pt.Ta. The molecule has 0 aromatic carbocycles. The smallest absolute Gasteiger partial charge is 0 e. The van der Waals surface area contributed by atoms with E-state index in [2.05, 4.69) is 0 Å². The molecule has 0 atom stereocenters. The second kappa shape index (κ2) is 5.16. The zero-order valence-electron chi connectivity index (χ0n) is 3.55. The van der Waals surface area contributed by atoms with Gasteiger partial charge in [0.15, 0.2) is 0 Å². The van der Waals surface area contributed by atoms with E-state index in [1.54, 1.807) is 0 Å². The van der Waals surface area contributed by atoms with Crippen molar-refractivity contribution in [2.75, 3.05) is 0 Å². The summed E-state index contributed by atoms with van der Waals surface area (Å²) in [6.45, 7) is 0. The molecule has 0 heterocycles. The molecule has 0 rings (SSSR count). The van der Waals surface area contributed by atoms with Crippen molar-refractivity contribution in [3.8, 4) is 0 Å². The maximum Gasteiger partial charge on any atom is 0 e. The van der Waals surface area contributed by atoms with Crippen LogP contribution in [0, 0.1) is 0 Å². The maximum absolute atomic E-state index is 8.67. The van der Waals surface area contributed by atoms with Crippen LogP contribution in [0.1, 0.15) is 0 Å². The van der Waals surface area contributed by atoms with Gasteiger partial charge in [0, 0.05) is 55.2 Å². The SMILES string of the molecule is [Co].[Cr].[O]=[Ta](=[O])(=[O])(=[O])=[O].[Pt]. The van der Waals surface area contributed by atoms with Crippen LogP contribution in [-0.2, 0) is 87.1 Å². The van der Waals surface area contributed by atoms with Crippen LogP contribution in [-0.4, -0.2) is 0 Å². The number of rotatable bonds is 0. The summed E-state index contributed by atoms with van der Waals surface area (Å²) in [6, 6.07) is 0. The molecule has 0 unspecified atom stereocenters. The van der Waals surface area contributed by atoms with Crippen LogP contribution in [0.2, 0.25) is 0 Å². The fourth-order valence-electron chi connectivity index (χ4n) is 0. The molecule has 0 aromatic heterocycles. The third-order valence-electron chi connectivity index (χ3n) is 0. The molecule has 0 bridgehead atoms. The molecule has 0 saturated carbocycles. The van der Waals surface area contributed by atoms with Crippen molar-refractivity contribution in [3.63, 3.8) is 0 Å². The molecule has 9 heavy (non-hydrogen) atoms. The molecule has 5 nitrogen and oxygen atoms in total. The molecule has 9 heteroatoms. The summed E-state index contributed by atoms with van der Waals surface area (Å²) in [5, 5.41) is 0. The Balaban J connectivity index is -0.0000000417. The molecule has 0 saturated heterocycles. The molecule has 0 spiro atoms. The Hall–Kier alpha value is 1.47. The van der Waals surface area contributed by atoms with Crippen LogP contribution in [0.4, 0.5) is 0 Å². The second-order valence-corrected chi connectivity index (χ2v) is 6.10. The predicted octanol–water partition coefficient (Wildman–Crippen LogP) is -0.604. The molecule has 60 valence electrons. The van der Waals surface area contributed by atoms with Gasteiger partial charge in [0.2, 0.25) is 0 Å². The van der Waals surface area contributed by atoms with Crippen LogP contribution in [0.15, 0.2) is 0 Å². The summed E-state index contributed by atoms with van der Waals surface area (Å²) in [4.78, 5) is 0. The van der Waals surface area contributed by atoms with E-state index in [0.29, 0.717) is 0 Å². The normalized spacial score (nSPS) is 6.67. The van der Waals surface area contributed by atoms with Crippen molar-refractivity contribution in [2.45, 2.75) is 0 Å². The summed E-state index contributed by atoms with van der Waals surface area (Å²) in [5.74, 6) is 0. The maximum atomic E-state index is 8.67. The Labute approximate surface area is 86.2 Å². The Morgan fingerprint density at radius 1 is 0.778 bits per heavy atom. The van der Waals surface area contributed by atoms with Crippen LogP contribution in [0.3, 0.4) is 0 Å². The van der Waals surface area contributed by atoms with Crippen LogP contribution >= 0.6 is 0 Å². The van der Waals surface area contributed by atoms with Gasteiger partial charge in [0.05, 0.1) is 0 Å². The van der Waals surface area contributed by atoms with Crippen LogP contribution < -0.4 is 0 Å². The van der Waals surface area contributed by atoms with Crippen molar-refractivity contribution >= 4 is 0 Å². The van der Waals surface area contributed by atoms with E-state index >= 15 is 0 Å². The van der Waals surface area contributed by atoms with E-state index in [-0.39, 0.29) is 55.2 Å². The van der Waals surface area contributed by atoms with Crippen molar-refractivity contribution in [3.05, 3.63) is 0 Å². The van der Waals surface area contributed by atoms with Gasteiger partial charge in [-0.15, -0.1) is 0 Å². The zero-order chi connectivity index (χ0) is 5.45. The van der Waals surface area contributed by atoms with Gasteiger partial charge in [-0.05, 0) is 0 Å². The van der Waals surface area contributed by atoms with Gasteiger partial charge in [-0.3, -0.25) is 0 Å². The Kier molecular flexibility index (Phi) is 12.9. The Morgan fingerprint density at radius 3 is 0.778 bits per heavy atom. The Bertz CT molecular complexity index is 287. The van der Waals surface area contributed by atoms with Gasteiger partial charge in [-0.25, -0.2) is 0 Å². The van der Waals surface area contributed by atoms with E-state index < -0.39 is 15.7 Å². The van der Waals surface area contributed by atoms with Gasteiger partial charge in [0.25, 0.3) is 0 Å². The molecule has 0 amide bonds. The second-order valence-electron chi connectivity index (χ2n) is 0.745. The summed E-state index contributed by atoms with van der Waals surface area (Å²) in [5.41, 5.74) is 0. The summed E-state index contributed by atoms with van der Waals surface area (Å²) >= 11 is -8.05. The first-order valence-electron chi connectivity index (χ1n) is 0.913. The molecule has 0 aliphatic heterocycles. The average molecular weight is 567 g/mol. The minimum absolute atomic E-state index is 0. The molecule has 0 aliphatic rings. The van der Waals surface area contributed by atoms with E-state index in [9.17, 15) is 0 Å². The van der Waals surface area contributed by atoms with Gasteiger partial charge in [-0.1, -0.05) is 0 Å². The van der Waals surface area contributed by atoms with Crippen molar-refractivity contribution in [1.82, 2.24) is 0 Å². The van der Waals surface area contributed by atoms with Gasteiger partial charge in [0.1, 0.15) is 0 Å². The molecule has 0 aliphatic carbocycles. The molecular weight excluding hydrogens is 567 g/mol. The largest absolute Gasteiger partial charge is 0 e. The fraction of sp³-hybridized carbons (Fsp3) is 0. The Morgan fingerprint density at radius 2 is 0.778 bits per heavy atom. The van der Waals surface area contributed by atoms with Crippen LogP contribution in [0.5, 0.6) is 0 Å². The molecule has 0 N–H and O–H groups in total. The number of hydrogen-bond donors (Lipinski definition) is 0. The molecule has 1 radical (unpaired) electrons. The average Bonchev–Trinajstić information content (AvgIpc) is 0.650. The fourth-order valence-corrected chi connectivity index (χ4v) is 0. The van der Waals surface area contributed by atoms with Crippen LogP contribution in [0.25, 0.3) is 0 Å². The van der Waals surface area contributed by atoms with E-state index in [1.165, 1.54) is 0 Å². The number of hydrogen-bond acceptors (Lipinski definition) is 5. The van der Waals surface area contributed by atoms with Crippen molar-refractivity contribution in [1.29, 1.82) is 0 Å². The zero-order valence-corrected chi connectivity index (χ0v) is 11.3. The first-order chi connectivity index (χ1) is 2.24. The molecule has 0 fully saturated rings. The predicted molar refractivity (Wildman–Crippen MR) is 3.43 cm³/mol. The topological polar surface area (TPSA) is 85.3 Å². The third-order valence-corrected chi connectivity index (χ3v) is 0. The third kappa shape index (κ3) is 245. The van der Waals surface area contributed by atoms with Gasteiger partial charge in [-0.2, -0.15) is 0 Å². The first kappa shape index (κ1) is 22.4. The first-order valence-corrected chi connectivity index (χ1v) is 7.47. The molecular formula is CoCrO5PtTa. The summed E-state index contributed by atoms with van der Waals surface area (Å²) < 4.78 is 43.4. The quantitative estimate of drug-likeness (QED) is 0.391. The summed E-state index contributed by atoms with van der Waals surface area (Å²) in [7, 11) is 0. The van der Waals surface area contributed by atoms with Gasteiger partial charge < -0.3 is 0 Å². The van der Waals surface area contributed by atoms with Crippen molar-refractivity contribution < 1.29 is 87.1 Å². The van der Waals surface area contributed by atoms with E-state index in [1.807, 2.05) is 0 Å².